The zero-order valence-corrected chi connectivity index (χ0v) is 8.72. The number of methoxy groups -OCH3 is 1. The number of carbonyl (C=O) groups is 2. The number of aromatic nitrogens is 1. The van der Waals surface area contributed by atoms with Gasteiger partial charge in [0, 0.05) is 11.3 Å². The number of ether oxygens (including phenoxy) is 1. The van der Waals surface area contributed by atoms with Crippen LogP contribution in [0.3, 0.4) is 0 Å². The molecule has 0 atom stereocenters. The number of H-pyrrole nitrogens is 1. The lowest BCUT2D eigenvalue weighted by molar-refractivity contribution is 0.0594. The van der Waals surface area contributed by atoms with Crippen molar-refractivity contribution in [3.63, 3.8) is 0 Å². The Kier molecular flexibility index (Phi) is 2.74. The van der Waals surface area contributed by atoms with Crippen LogP contribution >= 0.6 is 0 Å². The van der Waals surface area contributed by atoms with Crippen molar-refractivity contribution in [2.75, 3.05) is 7.11 Å². The van der Waals surface area contributed by atoms with Crippen molar-refractivity contribution in [2.45, 2.75) is 20.8 Å². The lowest BCUT2D eigenvalue weighted by Gasteiger charge is -1.97. The van der Waals surface area contributed by atoms with Crippen molar-refractivity contribution in [3.8, 4) is 0 Å². The Labute approximate surface area is 82.3 Å². The normalized spacial score (nSPS) is 10.0. The van der Waals surface area contributed by atoms with Gasteiger partial charge in [-0.25, -0.2) is 4.79 Å². The highest BCUT2D eigenvalue weighted by atomic mass is 16.5. The molecule has 0 amide bonds. The molecule has 0 unspecified atom stereocenters. The number of ketones is 1. The standard InChI is InChI=1S/C10H13NO3/c1-5-8(7(3)12)6(2)11-9(5)10(13)14-4/h11H,1-4H3. The van der Waals surface area contributed by atoms with Crippen LogP contribution in [0, 0.1) is 13.8 Å². The third kappa shape index (κ3) is 1.55. The predicted molar refractivity (Wildman–Crippen MR) is 51.6 cm³/mol. The quantitative estimate of drug-likeness (QED) is 0.576. The van der Waals surface area contributed by atoms with Gasteiger partial charge in [-0.3, -0.25) is 4.79 Å². The van der Waals surface area contributed by atoms with Crippen molar-refractivity contribution in [1.82, 2.24) is 4.98 Å². The number of Topliss-reactive ketones (excluding diaryl/α,β-unsaturated/α-hetero) is 1. The number of rotatable bonds is 2. The summed E-state index contributed by atoms with van der Waals surface area (Å²) >= 11 is 0. The van der Waals surface area contributed by atoms with Crippen molar-refractivity contribution in [1.29, 1.82) is 0 Å². The summed E-state index contributed by atoms with van der Waals surface area (Å²) < 4.78 is 4.58. The van der Waals surface area contributed by atoms with Gasteiger partial charge in [-0.1, -0.05) is 0 Å². The molecule has 76 valence electrons. The van der Waals surface area contributed by atoms with E-state index >= 15 is 0 Å². The van der Waals surface area contributed by atoms with Crippen LogP contribution in [0.25, 0.3) is 0 Å². The Morgan fingerprint density at radius 1 is 1.29 bits per heavy atom. The average molecular weight is 195 g/mol. The van der Waals surface area contributed by atoms with E-state index in [0.717, 1.165) is 0 Å². The van der Waals surface area contributed by atoms with Crippen LogP contribution in [0.2, 0.25) is 0 Å². The van der Waals surface area contributed by atoms with E-state index in [2.05, 4.69) is 9.72 Å². The maximum Gasteiger partial charge on any atom is 0.354 e. The Bertz CT molecular complexity index is 390. The molecule has 0 spiro atoms. The number of aryl methyl sites for hydroxylation is 1. The average Bonchev–Trinajstić information content (AvgIpc) is 2.40. The maximum atomic E-state index is 11.3. The van der Waals surface area contributed by atoms with Gasteiger partial charge < -0.3 is 9.72 Å². The second kappa shape index (κ2) is 3.65. The molecule has 1 rings (SSSR count). The minimum Gasteiger partial charge on any atom is -0.464 e. The number of aromatic amines is 1. The van der Waals surface area contributed by atoms with Crippen LogP contribution < -0.4 is 0 Å². The highest BCUT2D eigenvalue weighted by Gasteiger charge is 2.19. The number of esters is 1. The summed E-state index contributed by atoms with van der Waals surface area (Å²) in [5, 5.41) is 0. The highest BCUT2D eigenvalue weighted by molar-refractivity contribution is 6.01. The van der Waals surface area contributed by atoms with Crippen LogP contribution in [0.1, 0.15) is 39.0 Å². The summed E-state index contributed by atoms with van der Waals surface area (Å²) in [6.45, 7) is 4.97. The fraction of sp³-hybridized carbons (Fsp3) is 0.400. The SMILES string of the molecule is COC(=O)c1[nH]c(C)c(C(C)=O)c1C. The molecule has 0 saturated carbocycles. The first kappa shape index (κ1) is 10.5. The molecule has 0 aromatic carbocycles. The summed E-state index contributed by atoms with van der Waals surface area (Å²) in [5.41, 5.74) is 2.29. The van der Waals surface area contributed by atoms with E-state index in [1.165, 1.54) is 14.0 Å². The molecule has 0 saturated heterocycles. The van der Waals surface area contributed by atoms with Gasteiger partial charge in [-0.2, -0.15) is 0 Å². The van der Waals surface area contributed by atoms with E-state index in [4.69, 9.17) is 0 Å². The fourth-order valence-corrected chi connectivity index (χ4v) is 1.58. The molecule has 4 heteroatoms. The molecular formula is C10H13NO3. The van der Waals surface area contributed by atoms with Crippen molar-refractivity contribution < 1.29 is 14.3 Å². The monoisotopic (exact) mass is 195 g/mol. The predicted octanol–water partition coefficient (Wildman–Crippen LogP) is 1.62. The topological polar surface area (TPSA) is 59.2 Å². The maximum absolute atomic E-state index is 11.3. The first-order chi connectivity index (χ1) is 6.49. The van der Waals surface area contributed by atoms with Gasteiger partial charge in [0.25, 0.3) is 0 Å². The molecule has 0 aliphatic carbocycles. The molecule has 0 fully saturated rings. The highest BCUT2D eigenvalue weighted by Crippen LogP contribution is 2.18. The van der Waals surface area contributed by atoms with Gasteiger partial charge in [0.15, 0.2) is 5.78 Å². The van der Waals surface area contributed by atoms with E-state index in [-0.39, 0.29) is 5.78 Å². The van der Waals surface area contributed by atoms with Crippen LogP contribution in [0.5, 0.6) is 0 Å². The Morgan fingerprint density at radius 2 is 1.86 bits per heavy atom. The zero-order chi connectivity index (χ0) is 10.9. The number of hydrogen-bond donors (Lipinski definition) is 1. The summed E-state index contributed by atoms with van der Waals surface area (Å²) in [7, 11) is 1.31. The smallest absolute Gasteiger partial charge is 0.354 e. The van der Waals surface area contributed by atoms with Crippen LogP contribution in [0.4, 0.5) is 0 Å². The summed E-state index contributed by atoms with van der Waals surface area (Å²) in [5.74, 6) is -0.496. The Balaban J connectivity index is 3.30. The zero-order valence-electron chi connectivity index (χ0n) is 8.72. The summed E-state index contributed by atoms with van der Waals surface area (Å²) in [6, 6.07) is 0. The second-order valence-electron chi connectivity index (χ2n) is 3.17. The molecular weight excluding hydrogens is 182 g/mol. The van der Waals surface area contributed by atoms with Gasteiger partial charge in [-0.05, 0) is 26.3 Å². The van der Waals surface area contributed by atoms with Crippen LogP contribution in [0.15, 0.2) is 0 Å². The van der Waals surface area contributed by atoms with Crippen LogP contribution in [-0.2, 0) is 4.74 Å². The third-order valence-electron chi connectivity index (χ3n) is 2.18. The molecule has 4 nitrogen and oxygen atoms in total. The third-order valence-corrected chi connectivity index (χ3v) is 2.18. The second-order valence-corrected chi connectivity index (χ2v) is 3.17. The van der Waals surface area contributed by atoms with Crippen LogP contribution in [-0.4, -0.2) is 23.8 Å². The van der Waals surface area contributed by atoms with E-state index < -0.39 is 5.97 Å². The van der Waals surface area contributed by atoms with Crippen molar-refractivity contribution in [3.05, 3.63) is 22.5 Å². The molecule has 1 N–H and O–H groups in total. The van der Waals surface area contributed by atoms with E-state index in [1.807, 2.05) is 0 Å². The molecule has 0 bridgehead atoms. The van der Waals surface area contributed by atoms with Gasteiger partial charge in [0.05, 0.1) is 7.11 Å². The lowest BCUT2D eigenvalue weighted by atomic mass is 10.1. The minimum absolute atomic E-state index is 0.0496. The molecule has 0 radical (unpaired) electrons. The lowest BCUT2D eigenvalue weighted by Crippen LogP contribution is -2.04. The molecule has 0 aliphatic heterocycles. The van der Waals surface area contributed by atoms with Crippen molar-refractivity contribution >= 4 is 11.8 Å². The molecule has 1 aromatic heterocycles. The summed E-state index contributed by atoms with van der Waals surface area (Å²) in [6.07, 6.45) is 0. The largest absolute Gasteiger partial charge is 0.464 e. The van der Waals surface area contributed by atoms with E-state index in [1.54, 1.807) is 13.8 Å². The Morgan fingerprint density at radius 3 is 2.21 bits per heavy atom. The fourth-order valence-electron chi connectivity index (χ4n) is 1.58. The molecule has 1 heterocycles. The van der Waals surface area contributed by atoms with Crippen molar-refractivity contribution in [2.24, 2.45) is 0 Å². The van der Waals surface area contributed by atoms with Gasteiger partial charge in [0.1, 0.15) is 5.69 Å². The van der Waals surface area contributed by atoms with E-state index in [9.17, 15) is 9.59 Å². The summed E-state index contributed by atoms with van der Waals surface area (Å²) in [4.78, 5) is 25.3. The molecule has 14 heavy (non-hydrogen) atoms. The number of hydrogen-bond acceptors (Lipinski definition) is 3. The first-order valence-electron chi connectivity index (χ1n) is 4.27. The van der Waals surface area contributed by atoms with Gasteiger partial charge in [-0.15, -0.1) is 0 Å². The molecule has 1 aromatic rings. The first-order valence-corrected chi connectivity index (χ1v) is 4.27. The minimum atomic E-state index is -0.446. The Hall–Kier alpha value is -1.58. The number of carbonyl (C=O) groups excluding carboxylic acids is 2. The number of nitrogens with one attached hydrogen (secondary N) is 1. The van der Waals surface area contributed by atoms with E-state index in [0.29, 0.717) is 22.5 Å². The van der Waals surface area contributed by atoms with Gasteiger partial charge in [0.2, 0.25) is 0 Å². The molecule has 0 aliphatic rings. The van der Waals surface area contributed by atoms with Gasteiger partial charge >= 0.3 is 5.97 Å².